The third-order valence-electron chi connectivity index (χ3n) is 8.87. The molecule has 7 aromatic rings. The lowest BCUT2D eigenvalue weighted by Crippen LogP contribution is -2.09. The highest BCUT2D eigenvalue weighted by Gasteiger charge is 2.18. The molecule has 0 radical (unpaired) electrons. The Kier molecular flexibility index (Phi) is 8.58. The minimum Gasteiger partial charge on any atom is -0.311 e. The second kappa shape index (κ2) is 13.6. The molecule has 0 aliphatic heterocycles. The molecule has 7 rings (SSSR count). The van der Waals surface area contributed by atoms with Gasteiger partial charge in [-0.1, -0.05) is 139 Å². The summed E-state index contributed by atoms with van der Waals surface area (Å²) >= 11 is 0. The zero-order chi connectivity index (χ0) is 33.7. The minimum atomic E-state index is 0.557. The summed E-state index contributed by atoms with van der Waals surface area (Å²) in [6.45, 7) is 12.4. The molecule has 0 N–H and O–H groups in total. The topological polar surface area (TPSA) is 31.4 Å². The molecular weight excluding hydrogens is 595 g/mol. The average Bonchev–Trinajstić information content (AvgIpc) is 3.14. The van der Waals surface area contributed by atoms with Gasteiger partial charge in [-0.3, -0.25) is 0 Å². The number of fused-ring (bicyclic) bond motifs is 2. The van der Waals surface area contributed by atoms with Crippen LogP contribution < -0.4 is 4.90 Å². The van der Waals surface area contributed by atoms with Crippen LogP contribution in [0.4, 0.5) is 22.7 Å². The van der Waals surface area contributed by atoms with Gasteiger partial charge in [0.1, 0.15) is 6.07 Å². The van der Waals surface area contributed by atoms with Crippen LogP contribution in [-0.2, 0) is 0 Å². The number of rotatable bonds is 7. The minimum absolute atomic E-state index is 0.557. The average molecular weight is 628 g/mol. The van der Waals surface area contributed by atoms with Crippen molar-refractivity contribution < 1.29 is 0 Å². The molecule has 0 aliphatic rings. The van der Waals surface area contributed by atoms with Crippen LogP contribution in [0.2, 0.25) is 0 Å². The summed E-state index contributed by atoms with van der Waals surface area (Å²) in [6, 6.07) is 50.1. The van der Waals surface area contributed by atoms with E-state index >= 15 is 0 Å². The number of benzene rings is 7. The lowest BCUT2D eigenvalue weighted by molar-refractivity contribution is 1.27. The highest BCUT2D eigenvalue weighted by atomic mass is 15.1. The predicted octanol–water partition coefficient (Wildman–Crippen LogP) is 12.8. The van der Waals surface area contributed by atoms with Gasteiger partial charge in [0.15, 0.2) is 0 Å². The van der Waals surface area contributed by atoms with Crippen molar-refractivity contribution in [2.75, 3.05) is 4.90 Å². The molecule has 0 saturated heterocycles. The monoisotopic (exact) mass is 627 g/mol. The molecule has 0 unspecified atom stereocenters. The molecule has 0 atom stereocenters. The van der Waals surface area contributed by atoms with Crippen LogP contribution in [-0.4, -0.2) is 0 Å². The molecule has 0 saturated carbocycles. The number of anilines is 3. The molecule has 3 heteroatoms. The van der Waals surface area contributed by atoms with Gasteiger partial charge in [-0.25, -0.2) is 4.85 Å². The van der Waals surface area contributed by atoms with Gasteiger partial charge in [-0.2, -0.15) is 5.26 Å². The third-order valence-corrected chi connectivity index (χ3v) is 8.87. The normalized spacial score (nSPS) is 11.3. The Balaban J connectivity index is 1.28. The molecule has 0 spiro atoms. The largest absolute Gasteiger partial charge is 0.311 e. The molecule has 49 heavy (non-hydrogen) atoms. The molecule has 0 aromatic heterocycles. The fraction of sp³-hybridized carbons (Fsp3) is 0.0435. The molecule has 0 fully saturated rings. The predicted molar refractivity (Wildman–Crippen MR) is 207 cm³/mol. The first-order valence-electron chi connectivity index (χ1n) is 16.3. The second-order valence-electron chi connectivity index (χ2n) is 12.2. The van der Waals surface area contributed by atoms with Gasteiger partial charge >= 0.3 is 0 Å². The smallest absolute Gasteiger partial charge is 0.203 e. The molecule has 232 valence electrons. The fourth-order valence-electron chi connectivity index (χ4n) is 6.37. The van der Waals surface area contributed by atoms with Gasteiger partial charge in [0.25, 0.3) is 0 Å². The van der Waals surface area contributed by atoms with Gasteiger partial charge in [0.2, 0.25) is 5.69 Å². The lowest BCUT2D eigenvalue weighted by atomic mass is 9.90. The van der Waals surface area contributed by atoms with Crippen LogP contribution in [0, 0.1) is 31.8 Å². The first-order chi connectivity index (χ1) is 24.0. The Hall–Kier alpha value is -6.68. The first-order valence-corrected chi connectivity index (χ1v) is 16.3. The summed E-state index contributed by atoms with van der Waals surface area (Å²) in [7, 11) is 0. The molecular formula is C46H33N3. The third kappa shape index (κ3) is 6.22. The highest BCUT2D eigenvalue weighted by Crippen LogP contribution is 2.42. The highest BCUT2D eigenvalue weighted by molar-refractivity contribution is 6.19. The van der Waals surface area contributed by atoms with E-state index in [1.54, 1.807) is 0 Å². The summed E-state index contributed by atoms with van der Waals surface area (Å²) < 4.78 is 0. The molecule has 0 bridgehead atoms. The Morgan fingerprint density at radius 3 is 1.59 bits per heavy atom. The van der Waals surface area contributed by atoms with E-state index in [-0.39, 0.29) is 0 Å². The van der Waals surface area contributed by atoms with Crippen molar-refractivity contribution in [3.05, 3.63) is 190 Å². The van der Waals surface area contributed by atoms with Crippen LogP contribution in [0.15, 0.2) is 140 Å². The molecule has 0 aliphatic carbocycles. The maximum atomic E-state index is 10.5. The van der Waals surface area contributed by atoms with Crippen LogP contribution in [0.3, 0.4) is 0 Å². The summed E-state index contributed by atoms with van der Waals surface area (Å²) in [4.78, 5) is 6.31. The van der Waals surface area contributed by atoms with E-state index in [0.717, 1.165) is 60.9 Å². The Morgan fingerprint density at radius 2 is 1.02 bits per heavy atom. The summed E-state index contributed by atoms with van der Waals surface area (Å²) in [5.41, 5.74) is 10.7. The van der Waals surface area contributed by atoms with E-state index in [0.29, 0.717) is 11.3 Å². The van der Waals surface area contributed by atoms with Crippen LogP contribution >= 0.6 is 0 Å². The van der Waals surface area contributed by atoms with Crippen molar-refractivity contribution >= 4 is 68.6 Å². The molecule has 3 nitrogen and oxygen atoms in total. The summed E-state index contributed by atoms with van der Waals surface area (Å²) in [6.07, 6.45) is 8.22. The summed E-state index contributed by atoms with van der Waals surface area (Å²) in [5.74, 6) is 0. The zero-order valence-electron chi connectivity index (χ0n) is 27.4. The second-order valence-corrected chi connectivity index (χ2v) is 12.2. The Morgan fingerprint density at radius 1 is 0.531 bits per heavy atom. The molecule has 7 aromatic carbocycles. The lowest BCUT2D eigenvalue weighted by Gasteiger charge is -2.25. The number of para-hydroxylation sites is 1. The van der Waals surface area contributed by atoms with E-state index in [2.05, 4.69) is 145 Å². The SMILES string of the molecule is [C-]#[N+]c1c2cccc(/C=C/c3ccc(C)cc3)c2c(C#N)c2cccc(/C=C/c3ccc(N(c4ccccc4)c4ccc(C)cc4)cc3)c12. The van der Waals surface area contributed by atoms with Gasteiger partial charge < -0.3 is 4.90 Å². The number of hydrogen-bond donors (Lipinski definition) is 0. The quantitative estimate of drug-likeness (QED) is 0.100. The van der Waals surface area contributed by atoms with E-state index in [4.69, 9.17) is 6.57 Å². The van der Waals surface area contributed by atoms with Gasteiger partial charge in [0, 0.05) is 17.1 Å². The number of aryl methyl sites for hydroxylation is 2. The molecule has 0 amide bonds. The van der Waals surface area contributed by atoms with Crippen molar-refractivity contribution in [2.45, 2.75) is 13.8 Å². The van der Waals surface area contributed by atoms with Gasteiger partial charge in [0.05, 0.1) is 12.1 Å². The summed E-state index contributed by atoms with van der Waals surface area (Å²) in [5, 5.41) is 13.7. The standard InChI is InChI=1S/C46H33N3/c1-32-15-19-34(20-16-32)21-25-36-9-8-14-42-44(36)43(31-47)41-13-7-10-37(45(41)46(42)48-3)26-22-35-23-29-40(30-24-35)49(38-11-5-4-6-12-38)39-27-17-33(2)18-28-39/h4-30H,1-2H3/b25-21+,26-22+. The first kappa shape index (κ1) is 30.9. The van der Waals surface area contributed by atoms with Crippen molar-refractivity contribution in [3.63, 3.8) is 0 Å². The van der Waals surface area contributed by atoms with Crippen LogP contribution in [0.25, 0.3) is 50.7 Å². The van der Waals surface area contributed by atoms with E-state index in [9.17, 15) is 5.26 Å². The molecule has 0 heterocycles. The van der Waals surface area contributed by atoms with Crippen LogP contribution in [0.5, 0.6) is 0 Å². The van der Waals surface area contributed by atoms with Crippen molar-refractivity contribution in [1.82, 2.24) is 0 Å². The van der Waals surface area contributed by atoms with Crippen LogP contribution in [0.1, 0.15) is 38.9 Å². The van der Waals surface area contributed by atoms with Crippen molar-refractivity contribution in [2.24, 2.45) is 0 Å². The zero-order valence-corrected chi connectivity index (χ0v) is 27.4. The van der Waals surface area contributed by atoms with Crippen molar-refractivity contribution in [3.8, 4) is 6.07 Å². The fourth-order valence-corrected chi connectivity index (χ4v) is 6.37. The maximum absolute atomic E-state index is 10.5. The maximum Gasteiger partial charge on any atom is 0.203 e. The number of hydrogen-bond acceptors (Lipinski definition) is 2. The van der Waals surface area contributed by atoms with Gasteiger partial charge in [-0.05, 0) is 94.0 Å². The Bertz CT molecular complexity index is 2440. The number of nitrogens with zero attached hydrogens (tertiary/aromatic N) is 3. The van der Waals surface area contributed by atoms with E-state index in [1.807, 2.05) is 48.5 Å². The number of nitriles is 1. The van der Waals surface area contributed by atoms with Crippen molar-refractivity contribution in [1.29, 1.82) is 5.26 Å². The van der Waals surface area contributed by atoms with E-state index in [1.165, 1.54) is 11.1 Å². The van der Waals surface area contributed by atoms with E-state index < -0.39 is 0 Å². The Labute approximate surface area is 287 Å². The van der Waals surface area contributed by atoms with Gasteiger partial charge in [-0.15, -0.1) is 0 Å².